The summed E-state index contributed by atoms with van der Waals surface area (Å²) in [7, 11) is 1.37. The van der Waals surface area contributed by atoms with Crippen molar-refractivity contribution in [2.75, 3.05) is 7.11 Å². The number of hydrogen-bond donors (Lipinski definition) is 2. The van der Waals surface area contributed by atoms with Gasteiger partial charge in [-0.15, -0.1) is 0 Å². The fourth-order valence-electron chi connectivity index (χ4n) is 1.46. The summed E-state index contributed by atoms with van der Waals surface area (Å²) in [6.45, 7) is 1.60. The number of benzene rings is 1. The van der Waals surface area contributed by atoms with Crippen molar-refractivity contribution in [1.82, 2.24) is 5.32 Å². The quantitative estimate of drug-likeness (QED) is 0.821. The van der Waals surface area contributed by atoms with Crippen molar-refractivity contribution < 1.29 is 23.8 Å². The number of carboxylic acid groups (broad SMARTS) is 1. The Labute approximate surface area is 110 Å². The third kappa shape index (κ3) is 4.57. The van der Waals surface area contributed by atoms with Gasteiger partial charge in [-0.25, -0.2) is 4.39 Å². The second-order valence-electron chi connectivity index (χ2n) is 4.19. The summed E-state index contributed by atoms with van der Waals surface area (Å²) < 4.78 is 18.2. The zero-order valence-electron chi connectivity index (χ0n) is 10.8. The third-order valence-corrected chi connectivity index (χ3v) is 2.62. The van der Waals surface area contributed by atoms with Gasteiger partial charge in [0.25, 0.3) is 0 Å². The number of carboxylic acids is 1. The van der Waals surface area contributed by atoms with Crippen molar-refractivity contribution in [3.8, 4) is 5.75 Å². The van der Waals surface area contributed by atoms with Crippen LogP contribution in [0, 0.1) is 11.7 Å². The predicted octanol–water partition coefficient (Wildman–Crippen LogP) is 1.56. The molecule has 0 spiro atoms. The molecule has 1 aromatic carbocycles. The number of hydrogen-bond acceptors (Lipinski definition) is 3. The number of aliphatic carboxylic acids is 1. The molecule has 1 unspecified atom stereocenters. The molecule has 0 saturated carbocycles. The fourth-order valence-corrected chi connectivity index (χ4v) is 1.46. The highest BCUT2D eigenvalue weighted by atomic mass is 19.1. The number of methoxy groups -OCH3 is 1. The molecule has 0 aliphatic carbocycles. The van der Waals surface area contributed by atoms with Crippen LogP contribution in [0.15, 0.2) is 18.2 Å². The molecule has 6 heteroatoms. The van der Waals surface area contributed by atoms with Crippen LogP contribution in [0.25, 0.3) is 0 Å². The van der Waals surface area contributed by atoms with Gasteiger partial charge < -0.3 is 15.2 Å². The lowest BCUT2D eigenvalue weighted by molar-refractivity contribution is -0.143. The lowest BCUT2D eigenvalue weighted by atomic mass is 10.1. The Hall–Kier alpha value is -2.11. The molecule has 5 nitrogen and oxygen atoms in total. The van der Waals surface area contributed by atoms with E-state index in [-0.39, 0.29) is 24.6 Å². The van der Waals surface area contributed by atoms with Crippen LogP contribution in [0.5, 0.6) is 5.75 Å². The van der Waals surface area contributed by atoms with Crippen molar-refractivity contribution in [1.29, 1.82) is 0 Å². The standard InChI is InChI=1S/C13H16FNO4/c1-8(13(17)18)5-12(16)15-7-9-3-4-11(19-2)10(14)6-9/h3-4,6,8H,5,7H2,1-2H3,(H,15,16)(H,17,18). The molecule has 0 fully saturated rings. The molecule has 19 heavy (non-hydrogen) atoms. The third-order valence-electron chi connectivity index (χ3n) is 2.62. The minimum atomic E-state index is -1.02. The number of nitrogens with one attached hydrogen (secondary N) is 1. The van der Waals surface area contributed by atoms with Crippen LogP contribution in [0.3, 0.4) is 0 Å². The highest BCUT2D eigenvalue weighted by molar-refractivity contribution is 5.81. The molecule has 2 N–H and O–H groups in total. The van der Waals surface area contributed by atoms with E-state index in [0.29, 0.717) is 5.56 Å². The first kappa shape index (κ1) is 14.9. The molecule has 1 aromatic rings. The Morgan fingerprint density at radius 2 is 2.16 bits per heavy atom. The van der Waals surface area contributed by atoms with Gasteiger partial charge in [0.2, 0.25) is 5.91 Å². The highest BCUT2D eigenvalue weighted by Crippen LogP contribution is 2.17. The number of carbonyl (C=O) groups excluding carboxylic acids is 1. The fraction of sp³-hybridized carbons (Fsp3) is 0.385. The summed E-state index contributed by atoms with van der Waals surface area (Å²) in [5, 5.41) is 11.2. The summed E-state index contributed by atoms with van der Waals surface area (Å²) in [6, 6.07) is 4.36. The van der Waals surface area contributed by atoms with Crippen molar-refractivity contribution in [2.45, 2.75) is 19.9 Å². The lowest BCUT2D eigenvalue weighted by Crippen LogP contribution is -2.26. The van der Waals surface area contributed by atoms with Gasteiger partial charge in [-0.1, -0.05) is 13.0 Å². The van der Waals surface area contributed by atoms with Crippen LogP contribution in [0.1, 0.15) is 18.9 Å². The first-order valence-electron chi connectivity index (χ1n) is 5.76. The molecule has 0 heterocycles. The van der Waals surface area contributed by atoms with E-state index < -0.39 is 17.7 Å². The Balaban J connectivity index is 2.50. The van der Waals surface area contributed by atoms with Crippen molar-refractivity contribution in [3.63, 3.8) is 0 Å². The first-order valence-corrected chi connectivity index (χ1v) is 5.76. The molecule has 0 aliphatic heterocycles. The normalized spacial score (nSPS) is 11.7. The molecular weight excluding hydrogens is 253 g/mol. The topological polar surface area (TPSA) is 75.6 Å². The average Bonchev–Trinajstić information content (AvgIpc) is 2.36. The van der Waals surface area contributed by atoms with Crippen LogP contribution in [-0.2, 0) is 16.1 Å². The van der Waals surface area contributed by atoms with E-state index in [0.717, 1.165) is 0 Å². The first-order chi connectivity index (χ1) is 8.93. The van der Waals surface area contributed by atoms with Gasteiger partial charge in [-0.05, 0) is 17.7 Å². The zero-order chi connectivity index (χ0) is 14.4. The molecule has 0 aromatic heterocycles. The molecule has 0 aliphatic rings. The maximum Gasteiger partial charge on any atom is 0.306 e. The number of rotatable bonds is 6. The van der Waals surface area contributed by atoms with Gasteiger partial charge in [-0.3, -0.25) is 9.59 Å². The molecule has 1 rings (SSSR count). The maximum atomic E-state index is 13.4. The SMILES string of the molecule is COc1ccc(CNC(=O)CC(C)C(=O)O)cc1F. The molecule has 0 bridgehead atoms. The van der Waals surface area contributed by atoms with Gasteiger partial charge in [0.15, 0.2) is 11.6 Å². The van der Waals surface area contributed by atoms with E-state index in [2.05, 4.69) is 5.32 Å². The number of halogens is 1. The van der Waals surface area contributed by atoms with E-state index in [4.69, 9.17) is 9.84 Å². The Bertz CT molecular complexity index is 476. The number of amides is 1. The van der Waals surface area contributed by atoms with Crippen LogP contribution < -0.4 is 10.1 Å². The van der Waals surface area contributed by atoms with Crippen LogP contribution in [0.4, 0.5) is 4.39 Å². The smallest absolute Gasteiger partial charge is 0.306 e. The Morgan fingerprint density at radius 3 is 2.68 bits per heavy atom. The summed E-state index contributed by atoms with van der Waals surface area (Å²) in [4.78, 5) is 22.0. The number of carbonyl (C=O) groups is 2. The van der Waals surface area contributed by atoms with E-state index in [9.17, 15) is 14.0 Å². The summed E-state index contributed by atoms with van der Waals surface area (Å²) in [5.41, 5.74) is 0.578. The van der Waals surface area contributed by atoms with Gasteiger partial charge in [0, 0.05) is 13.0 Å². The van der Waals surface area contributed by atoms with Crippen LogP contribution in [-0.4, -0.2) is 24.1 Å². The Kier molecular flexibility index (Phi) is 5.29. The van der Waals surface area contributed by atoms with Gasteiger partial charge >= 0.3 is 5.97 Å². The summed E-state index contributed by atoms with van der Waals surface area (Å²) in [5.74, 6) is -2.52. The number of ether oxygens (including phenoxy) is 1. The molecule has 1 atom stereocenters. The van der Waals surface area contributed by atoms with Gasteiger partial charge in [0.1, 0.15) is 0 Å². The summed E-state index contributed by atoms with van der Waals surface area (Å²) in [6.07, 6.45) is -0.103. The highest BCUT2D eigenvalue weighted by Gasteiger charge is 2.15. The molecular formula is C13H16FNO4. The van der Waals surface area contributed by atoms with Gasteiger partial charge in [-0.2, -0.15) is 0 Å². The zero-order valence-corrected chi connectivity index (χ0v) is 10.8. The van der Waals surface area contributed by atoms with E-state index in [1.807, 2.05) is 0 Å². The van der Waals surface area contributed by atoms with E-state index in [1.165, 1.54) is 26.2 Å². The lowest BCUT2D eigenvalue weighted by Gasteiger charge is -2.09. The largest absolute Gasteiger partial charge is 0.494 e. The van der Waals surface area contributed by atoms with Crippen molar-refractivity contribution in [2.24, 2.45) is 5.92 Å². The molecule has 1 amide bonds. The maximum absolute atomic E-state index is 13.4. The van der Waals surface area contributed by atoms with Crippen LogP contribution in [0.2, 0.25) is 0 Å². The monoisotopic (exact) mass is 269 g/mol. The minimum Gasteiger partial charge on any atom is -0.494 e. The molecule has 104 valence electrons. The van der Waals surface area contributed by atoms with Crippen molar-refractivity contribution >= 4 is 11.9 Å². The van der Waals surface area contributed by atoms with Crippen molar-refractivity contribution in [3.05, 3.63) is 29.6 Å². The summed E-state index contributed by atoms with van der Waals surface area (Å²) >= 11 is 0. The second-order valence-corrected chi connectivity index (χ2v) is 4.19. The second kappa shape index (κ2) is 6.72. The van der Waals surface area contributed by atoms with E-state index >= 15 is 0 Å². The average molecular weight is 269 g/mol. The van der Waals surface area contributed by atoms with Gasteiger partial charge in [0.05, 0.1) is 13.0 Å². The van der Waals surface area contributed by atoms with Crippen LogP contribution >= 0.6 is 0 Å². The molecule has 0 radical (unpaired) electrons. The predicted molar refractivity (Wildman–Crippen MR) is 66.2 cm³/mol. The minimum absolute atomic E-state index is 0.103. The molecule has 0 saturated heterocycles. The van der Waals surface area contributed by atoms with E-state index in [1.54, 1.807) is 6.07 Å². The Morgan fingerprint density at radius 1 is 1.47 bits per heavy atom.